The summed E-state index contributed by atoms with van der Waals surface area (Å²) in [7, 11) is 0. The molecule has 0 bridgehead atoms. The largest absolute Gasteiger partial charge is 0.362 e. The number of H-pyrrole nitrogens is 1. The van der Waals surface area contributed by atoms with Crippen molar-refractivity contribution in [2.24, 2.45) is 0 Å². The van der Waals surface area contributed by atoms with Crippen LogP contribution in [-0.4, -0.2) is 22.5 Å². The Balaban J connectivity index is 0.000000686. The normalized spacial score (nSPS) is 15.8. The molecule has 0 amide bonds. The van der Waals surface area contributed by atoms with Crippen molar-refractivity contribution in [3.63, 3.8) is 0 Å². The molecule has 2 rings (SSSR count). The lowest BCUT2D eigenvalue weighted by atomic mass is 10.1. The summed E-state index contributed by atoms with van der Waals surface area (Å²) in [6.45, 7) is 15.4. The van der Waals surface area contributed by atoms with Crippen molar-refractivity contribution in [1.29, 1.82) is 0 Å². The highest BCUT2D eigenvalue weighted by Crippen LogP contribution is 2.24. The molecule has 0 unspecified atom stereocenters. The highest BCUT2D eigenvalue weighted by atomic mass is 15.2. The number of hydrogen-bond acceptors (Lipinski definition) is 1. The molecule has 1 N–H and O–H groups in total. The van der Waals surface area contributed by atoms with E-state index in [1.807, 2.05) is 13.8 Å². The van der Waals surface area contributed by atoms with Crippen molar-refractivity contribution in [3.05, 3.63) is 23.0 Å². The van der Waals surface area contributed by atoms with Crippen LogP contribution in [0.2, 0.25) is 0 Å². The summed E-state index contributed by atoms with van der Waals surface area (Å²) >= 11 is 0. The number of rotatable bonds is 2. The van der Waals surface area contributed by atoms with Crippen molar-refractivity contribution >= 4 is 0 Å². The van der Waals surface area contributed by atoms with E-state index in [4.69, 9.17) is 0 Å². The first kappa shape index (κ1) is 14.3. The van der Waals surface area contributed by atoms with Crippen molar-refractivity contribution in [1.82, 2.24) is 9.88 Å². The molecule has 1 aliphatic heterocycles. The van der Waals surface area contributed by atoms with Crippen LogP contribution < -0.4 is 0 Å². The average molecular weight is 236 g/mol. The first-order valence-electron chi connectivity index (χ1n) is 7.02. The Labute approximate surface area is 106 Å². The molecule has 0 radical (unpaired) electrons. The highest BCUT2D eigenvalue weighted by molar-refractivity contribution is 5.29. The van der Waals surface area contributed by atoms with Gasteiger partial charge in [0.05, 0.1) is 0 Å². The Kier molecular flexibility index (Phi) is 5.26. The second kappa shape index (κ2) is 6.25. The van der Waals surface area contributed by atoms with E-state index in [0.717, 1.165) is 6.54 Å². The number of nitrogens with one attached hydrogen (secondary N) is 1. The van der Waals surface area contributed by atoms with Crippen molar-refractivity contribution < 1.29 is 0 Å². The SMILES string of the molecule is CC.CC(C)c1cc2c([nH]1)CCN(C(C)C)C2. The molecular weight excluding hydrogens is 208 g/mol. The molecule has 17 heavy (non-hydrogen) atoms. The summed E-state index contributed by atoms with van der Waals surface area (Å²) in [5.74, 6) is 0.614. The van der Waals surface area contributed by atoms with Crippen molar-refractivity contribution in [2.45, 2.75) is 66.5 Å². The summed E-state index contributed by atoms with van der Waals surface area (Å²) in [6.07, 6.45) is 1.18. The molecule has 2 heteroatoms. The number of hydrogen-bond donors (Lipinski definition) is 1. The van der Waals surface area contributed by atoms with Gasteiger partial charge in [0.15, 0.2) is 0 Å². The number of fused-ring (bicyclic) bond motifs is 1. The fourth-order valence-electron chi connectivity index (χ4n) is 2.23. The van der Waals surface area contributed by atoms with Crippen LogP contribution in [0.1, 0.15) is 64.4 Å². The molecule has 98 valence electrons. The van der Waals surface area contributed by atoms with Gasteiger partial charge in [0.1, 0.15) is 0 Å². The van der Waals surface area contributed by atoms with E-state index in [1.165, 1.54) is 29.9 Å². The van der Waals surface area contributed by atoms with Crippen LogP contribution in [0, 0.1) is 0 Å². The summed E-state index contributed by atoms with van der Waals surface area (Å²) < 4.78 is 0. The minimum atomic E-state index is 0.614. The van der Waals surface area contributed by atoms with Crippen LogP contribution in [0.4, 0.5) is 0 Å². The van der Waals surface area contributed by atoms with Gasteiger partial charge in [-0.3, -0.25) is 4.90 Å². The molecule has 1 aromatic heterocycles. The molecule has 2 heterocycles. The molecule has 1 aromatic rings. The van der Waals surface area contributed by atoms with Crippen LogP contribution in [-0.2, 0) is 13.0 Å². The van der Waals surface area contributed by atoms with E-state index < -0.39 is 0 Å². The zero-order valence-corrected chi connectivity index (χ0v) is 12.3. The van der Waals surface area contributed by atoms with Crippen LogP contribution >= 0.6 is 0 Å². The number of aromatic nitrogens is 1. The third-order valence-corrected chi connectivity index (χ3v) is 3.39. The van der Waals surface area contributed by atoms with Crippen LogP contribution in [0.25, 0.3) is 0 Å². The Morgan fingerprint density at radius 2 is 1.82 bits per heavy atom. The summed E-state index contributed by atoms with van der Waals surface area (Å²) in [5.41, 5.74) is 4.37. The average Bonchev–Trinajstić information content (AvgIpc) is 2.74. The maximum absolute atomic E-state index is 3.57. The van der Waals surface area contributed by atoms with Gasteiger partial charge in [-0.25, -0.2) is 0 Å². The molecule has 0 aromatic carbocycles. The van der Waals surface area contributed by atoms with Gasteiger partial charge in [0.2, 0.25) is 0 Å². The summed E-state index contributed by atoms with van der Waals surface area (Å²) in [4.78, 5) is 6.11. The highest BCUT2D eigenvalue weighted by Gasteiger charge is 2.20. The van der Waals surface area contributed by atoms with Crippen molar-refractivity contribution in [3.8, 4) is 0 Å². The molecule has 0 saturated carbocycles. The van der Waals surface area contributed by atoms with Gasteiger partial charge in [0, 0.05) is 36.9 Å². The topological polar surface area (TPSA) is 19.0 Å². The van der Waals surface area contributed by atoms with Gasteiger partial charge in [0.25, 0.3) is 0 Å². The van der Waals surface area contributed by atoms with E-state index in [2.05, 4.69) is 43.6 Å². The molecule has 0 spiro atoms. The van der Waals surface area contributed by atoms with E-state index in [1.54, 1.807) is 0 Å². The van der Waals surface area contributed by atoms with Crippen LogP contribution in [0.3, 0.4) is 0 Å². The number of aromatic amines is 1. The van der Waals surface area contributed by atoms with Crippen LogP contribution in [0.5, 0.6) is 0 Å². The third-order valence-electron chi connectivity index (χ3n) is 3.39. The minimum absolute atomic E-state index is 0.614. The molecule has 0 fully saturated rings. The Morgan fingerprint density at radius 1 is 1.18 bits per heavy atom. The zero-order valence-electron chi connectivity index (χ0n) is 12.3. The van der Waals surface area contributed by atoms with E-state index in [9.17, 15) is 0 Å². The standard InChI is InChI=1S/C13H22N2.C2H6/c1-9(2)13-7-11-8-15(10(3)4)6-5-12(11)14-13;1-2/h7,9-10,14H,5-6,8H2,1-4H3;1-2H3. The zero-order chi connectivity index (χ0) is 13.0. The van der Waals surface area contributed by atoms with E-state index in [-0.39, 0.29) is 0 Å². The maximum atomic E-state index is 3.57. The molecule has 0 saturated heterocycles. The predicted molar refractivity (Wildman–Crippen MR) is 75.5 cm³/mol. The second-order valence-electron chi connectivity index (χ2n) is 5.20. The summed E-state index contributed by atoms with van der Waals surface area (Å²) in [5, 5.41) is 0. The first-order chi connectivity index (χ1) is 8.08. The first-order valence-corrected chi connectivity index (χ1v) is 7.02. The molecule has 1 aliphatic rings. The third kappa shape index (κ3) is 3.35. The second-order valence-corrected chi connectivity index (χ2v) is 5.20. The monoisotopic (exact) mass is 236 g/mol. The van der Waals surface area contributed by atoms with Crippen LogP contribution in [0.15, 0.2) is 6.07 Å². The lowest BCUT2D eigenvalue weighted by molar-refractivity contribution is 0.203. The quantitative estimate of drug-likeness (QED) is 0.824. The fourth-order valence-corrected chi connectivity index (χ4v) is 2.23. The molecule has 2 nitrogen and oxygen atoms in total. The Morgan fingerprint density at radius 3 is 2.35 bits per heavy atom. The van der Waals surface area contributed by atoms with Gasteiger partial charge in [-0.15, -0.1) is 0 Å². The van der Waals surface area contributed by atoms with Gasteiger partial charge < -0.3 is 4.98 Å². The Hall–Kier alpha value is -0.760. The smallest absolute Gasteiger partial charge is 0.0254 e. The van der Waals surface area contributed by atoms with E-state index in [0.29, 0.717) is 12.0 Å². The van der Waals surface area contributed by atoms with Crippen molar-refractivity contribution in [2.75, 3.05) is 6.54 Å². The molecule has 0 aliphatic carbocycles. The van der Waals surface area contributed by atoms with Gasteiger partial charge in [-0.05, 0) is 31.4 Å². The fraction of sp³-hybridized carbons (Fsp3) is 0.733. The Bertz CT molecular complexity index is 337. The van der Waals surface area contributed by atoms with Gasteiger partial charge >= 0.3 is 0 Å². The molecular formula is C15H28N2. The molecule has 0 atom stereocenters. The predicted octanol–water partition coefficient (Wildman–Crippen LogP) is 3.93. The number of nitrogens with zero attached hydrogens (tertiary/aromatic N) is 1. The van der Waals surface area contributed by atoms with Gasteiger partial charge in [-0.2, -0.15) is 0 Å². The lowest BCUT2D eigenvalue weighted by Gasteiger charge is -2.30. The van der Waals surface area contributed by atoms with E-state index >= 15 is 0 Å². The summed E-state index contributed by atoms with van der Waals surface area (Å²) in [6, 6.07) is 3.02. The van der Waals surface area contributed by atoms with Gasteiger partial charge in [-0.1, -0.05) is 27.7 Å². The maximum Gasteiger partial charge on any atom is 0.0254 e. The lowest BCUT2D eigenvalue weighted by Crippen LogP contribution is -2.35. The minimum Gasteiger partial charge on any atom is -0.362 e.